The lowest BCUT2D eigenvalue weighted by molar-refractivity contribution is 0.566. The van der Waals surface area contributed by atoms with Crippen molar-refractivity contribution in [3.05, 3.63) is 30.3 Å². The first-order chi connectivity index (χ1) is 10.3. The van der Waals surface area contributed by atoms with E-state index in [9.17, 15) is 0 Å². The van der Waals surface area contributed by atoms with Crippen LogP contribution in [0.3, 0.4) is 0 Å². The largest absolute Gasteiger partial charge is 0.371 e. The first kappa shape index (κ1) is 19.4. The van der Waals surface area contributed by atoms with Gasteiger partial charge in [-0.1, -0.05) is 18.2 Å². The number of benzene rings is 1. The molecular weight excluding hydrogens is 407 g/mol. The average Bonchev–Trinajstić information content (AvgIpc) is 3.00. The van der Waals surface area contributed by atoms with Crippen molar-refractivity contribution in [1.82, 2.24) is 10.6 Å². The summed E-state index contributed by atoms with van der Waals surface area (Å²) in [5.74, 6) is 2.71. The summed E-state index contributed by atoms with van der Waals surface area (Å²) in [5, 5.41) is 6.79. The second-order valence-electron chi connectivity index (χ2n) is 5.31. The molecule has 124 valence electrons. The highest BCUT2D eigenvalue weighted by Gasteiger charge is 2.22. The van der Waals surface area contributed by atoms with Gasteiger partial charge in [0.15, 0.2) is 5.96 Å². The van der Waals surface area contributed by atoms with Gasteiger partial charge in [0.1, 0.15) is 0 Å². The fraction of sp³-hybridized carbons (Fsp3) is 0.562. The van der Waals surface area contributed by atoms with Crippen molar-refractivity contribution in [3.63, 3.8) is 0 Å². The first-order valence-corrected chi connectivity index (χ1v) is 8.96. The van der Waals surface area contributed by atoms with Gasteiger partial charge in [0.25, 0.3) is 0 Å². The van der Waals surface area contributed by atoms with Crippen LogP contribution in [0.5, 0.6) is 0 Å². The number of thioether (sulfide) groups is 1. The van der Waals surface area contributed by atoms with Crippen LogP contribution in [0.25, 0.3) is 0 Å². The second kappa shape index (κ2) is 11.0. The lowest BCUT2D eigenvalue weighted by Gasteiger charge is -2.19. The second-order valence-corrected chi connectivity index (χ2v) is 6.29. The van der Waals surface area contributed by atoms with Crippen molar-refractivity contribution in [2.45, 2.75) is 6.42 Å². The highest BCUT2D eigenvalue weighted by atomic mass is 127. The van der Waals surface area contributed by atoms with E-state index in [1.54, 1.807) is 0 Å². The van der Waals surface area contributed by atoms with E-state index in [4.69, 9.17) is 0 Å². The molecule has 1 fully saturated rings. The Hall–Kier alpha value is -0.630. The standard InChI is InChI=1S/C16H26N4S.HI/c1-17-16(18-9-11-21-2)19-12-14-8-10-20(13-14)15-6-4-3-5-7-15;/h3-7,14H,8-13H2,1-2H3,(H2,17,18,19);1H. The lowest BCUT2D eigenvalue weighted by Crippen LogP contribution is -2.41. The molecule has 2 N–H and O–H groups in total. The lowest BCUT2D eigenvalue weighted by atomic mass is 10.1. The molecule has 0 saturated carbocycles. The predicted molar refractivity (Wildman–Crippen MR) is 110 cm³/mol. The number of nitrogens with zero attached hydrogens (tertiary/aromatic N) is 2. The van der Waals surface area contributed by atoms with Crippen LogP contribution in [0.15, 0.2) is 35.3 Å². The van der Waals surface area contributed by atoms with Gasteiger partial charge in [-0.2, -0.15) is 11.8 Å². The Kier molecular flexibility index (Phi) is 9.70. The summed E-state index contributed by atoms with van der Waals surface area (Å²) in [6, 6.07) is 10.7. The van der Waals surface area contributed by atoms with Gasteiger partial charge >= 0.3 is 0 Å². The zero-order chi connectivity index (χ0) is 14.9. The molecule has 0 bridgehead atoms. The molecule has 1 unspecified atom stereocenters. The van der Waals surface area contributed by atoms with Gasteiger partial charge in [-0.25, -0.2) is 0 Å². The third-order valence-corrected chi connectivity index (χ3v) is 4.40. The van der Waals surface area contributed by atoms with E-state index in [2.05, 4.69) is 57.1 Å². The molecule has 1 aromatic rings. The summed E-state index contributed by atoms with van der Waals surface area (Å²) in [6.07, 6.45) is 3.36. The van der Waals surface area contributed by atoms with Crippen LogP contribution in [0.1, 0.15) is 6.42 Å². The molecule has 1 aromatic carbocycles. The molecule has 0 amide bonds. The number of guanidine groups is 1. The molecule has 2 rings (SSSR count). The summed E-state index contributed by atoms with van der Waals surface area (Å²) in [4.78, 5) is 6.74. The summed E-state index contributed by atoms with van der Waals surface area (Å²) in [7, 11) is 1.83. The molecule has 1 atom stereocenters. The van der Waals surface area contributed by atoms with E-state index in [1.165, 1.54) is 12.1 Å². The van der Waals surface area contributed by atoms with Gasteiger partial charge < -0.3 is 15.5 Å². The van der Waals surface area contributed by atoms with Crippen LogP contribution in [0.2, 0.25) is 0 Å². The molecule has 0 radical (unpaired) electrons. The summed E-state index contributed by atoms with van der Waals surface area (Å²) >= 11 is 1.84. The van der Waals surface area contributed by atoms with Crippen molar-refractivity contribution < 1.29 is 0 Å². The Balaban J connectivity index is 0.00000242. The molecule has 6 heteroatoms. The summed E-state index contributed by atoms with van der Waals surface area (Å²) in [5.41, 5.74) is 1.34. The average molecular weight is 434 g/mol. The number of nitrogens with one attached hydrogen (secondary N) is 2. The highest BCUT2D eigenvalue weighted by Crippen LogP contribution is 2.22. The minimum absolute atomic E-state index is 0. The quantitative estimate of drug-likeness (QED) is 0.313. The number of hydrogen-bond acceptors (Lipinski definition) is 3. The van der Waals surface area contributed by atoms with Crippen molar-refractivity contribution >= 4 is 47.4 Å². The monoisotopic (exact) mass is 434 g/mol. The van der Waals surface area contributed by atoms with E-state index >= 15 is 0 Å². The van der Waals surface area contributed by atoms with Crippen LogP contribution in [-0.2, 0) is 0 Å². The normalized spacial score (nSPS) is 18.0. The van der Waals surface area contributed by atoms with E-state index in [0.717, 1.165) is 37.9 Å². The molecule has 1 saturated heterocycles. The topological polar surface area (TPSA) is 39.7 Å². The van der Waals surface area contributed by atoms with Gasteiger partial charge in [-0.05, 0) is 30.7 Å². The number of rotatable bonds is 6. The fourth-order valence-electron chi connectivity index (χ4n) is 2.61. The zero-order valence-electron chi connectivity index (χ0n) is 13.4. The molecular formula is C16H27IN4S. The van der Waals surface area contributed by atoms with E-state index < -0.39 is 0 Å². The minimum atomic E-state index is 0. The third-order valence-electron chi connectivity index (χ3n) is 3.79. The minimum Gasteiger partial charge on any atom is -0.371 e. The SMILES string of the molecule is CN=C(NCCSC)NCC1CCN(c2ccccc2)C1.I. The number of para-hydroxylation sites is 1. The maximum absolute atomic E-state index is 4.27. The molecule has 1 heterocycles. The van der Waals surface area contributed by atoms with Crippen molar-refractivity contribution in [2.75, 3.05) is 50.1 Å². The number of hydrogen-bond donors (Lipinski definition) is 2. The smallest absolute Gasteiger partial charge is 0.191 e. The van der Waals surface area contributed by atoms with Crippen molar-refractivity contribution in [1.29, 1.82) is 0 Å². The Morgan fingerprint density at radius 1 is 1.32 bits per heavy atom. The van der Waals surface area contributed by atoms with Gasteiger partial charge in [0.05, 0.1) is 0 Å². The molecule has 1 aliphatic heterocycles. The number of halogens is 1. The van der Waals surface area contributed by atoms with Crippen molar-refractivity contribution in [2.24, 2.45) is 10.9 Å². The van der Waals surface area contributed by atoms with Gasteiger partial charge in [0.2, 0.25) is 0 Å². The van der Waals surface area contributed by atoms with Crippen LogP contribution in [0, 0.1) is 5.92 Å². The van der Waals surface area contributed by atoms with Crippen molar-refractivity contribution in [3.8, 4) is 0 Å². The van der Waals surface area contributed by atoms with Crippen LogP contribution in [0.4, 0.5) is 5.69 Å². The van der Waals surface area contributed by atoms with E-state index in [0.29, 0.717) is 5.92 Å². The summed E-state index contributed by atoms with van der Waals surface area (Å²) in [6.45, 7) is 4.22. The molecule has 0 spiro atoms. The molecule has 22 heavy (non-hydrogen) atoms. The van der Waals surface area contributed by atoms with Gasteiger partial charge in [-0.3, -0.25) is 4.99 Å². The first-order valence-electron chi connectivity index (χ1n) is 7.57. The van der Waals surface area contributed by atoms with Crippen LogP contribution >= 0.6 is 35.7 Å². The Morgan fingerprint density at radius 2 is 2.09 bits per heavy atom. The molecule has 0 aromatic heterocycles. The number of anilines is 1. The number of aliphatic imine (C=N–C) groups is 1. The Labute approximate surface area is 155 Å². The predicted octanol–water partition coefficient (Wildman–Crippen LogP) is 2.66. The van der Waals surface area contributed by atoms with Gasteiger partial charge in [-0.15, -0.1) is 24.0 Å². The fourth-order valence-corrected chi connectivity index (χ4v) is 2.91. The molecule has 4 nitrogen and oxygen atoms in total. The highest BCUT2D eigenvalue weighted by molar-refractivity contribution is 14.0. The van der Waals surface area contributed by atoms with E-state index in [1.807, 2.05) is 18.8 Å². The maximum atomic E-state index is 4.27. The summed E-state index contributed by atoms with van der Waals surface area (Å²) < 4.78 is 0. The zero-order valence-corrected chi connectivity index (χ0v) is 16.6. The van der Waals surface area contributed by atoms with Crippen LogP contribution in [-0.4, -0.2) is 51.2 Å². The molecule has 0 aliphatic carbocycles. The van der Waals surface area contributed by atoms with Crippen LogP contribution < -0.4 is 15.5 Å². The molecule has 1 aliphatic rings. The van der Waals surface area contributed by atoms with E-state index in [-0.39, 0.29) is 24.0 Å². The third kappa shape index (κ3) is 6.24. The Bertz CT molecular complexity index is 441. The van der Waals surface area contributed by atoms with Gasteiger partial charge in [0, 0.05) is 44.7 Å². The Morgan fingerprint density at radius 3 is 2.77 bits per heavy atom. The maximum Gasteiger partial charge on any atom is 0.191 e.